The van der Waals surface area contributed by atoms with Crippen LogP contribution in [0.1, 0.15) is 64.9 Å². The topological polar surface area (TPSA) is 146 Å². The zero-order chi connectivity index (χ0) is 32.9. The maximum absolute atomic E-state index is 14.2. The molecule has 2 heterocycles. The number of carbonyl (C=O) groups is 5. The first kappa shape index (κ1) is 32.8. The fourth-order valence-electron chi connectivity index (χ4n) is 5.97. The molecular weight excluding hydrogens is 612 g/mol. The highest BCUT2D eigenvalue weighted by atomic mass is 35.5. The fourth-order valence-corrected chi connectivity index (χ4v) is 6.17. The summed E-state index contributed by atoms with van der Waals surface area (Å²) in [4.78, 5) is 73.2. The largest absolute Gasteiger partial charge is 0.387 e. The number of likely N-dealkylation sites (N-methyl/N-ethyl adjacent to an activating group) is 1. The van der Waals surface area contributed by atoms with Crippen LogP contribution in [0.25, 0.3) is 0 Å². The van der Waals surface area contributed by atoms with Gasteiger partial charge < -0.3 is 25.7 Å². The lowest BCUT2D eigenvalue weighted by Crippen LogP contribution is -2.59. The Labute approximate surface area is 264 Å². The van der Waals surface area contributed by atoms with Crippen LogP contribution in [0.4, 0.5) is 8.78 Å². The van der Waals surface area contributed by atoms with Crippen molar-refractivity contribution in [1.82, 2.24) is 20.9 Å². The summed E-state index contributed by atoms with van der Waals surface area (Å²) in [6.07, 6.45) is 1.64. The molecular formula is C31H38ClF2N5O6. The van der Waals surface area contributed by atoms with E-state index in [-0.39, 0.29) is 31.7 Å². The minimum absolute atomic E-state index is 0.00599. The SMILES string of the molecule is CNC(=O)C(=O)[C@H](CC1CC1)NC(=O)C1C[C@]2(CC(c3cccc(Cl)c3)=NO2)CN1C(=O)[C@@H](NC(=O)[C@H]1CC1(F)F)C(C)(C)C. The fraction of sp³-hybridized carbons (Fsp3) is 0.613. The van der Waals surface area contributed by atoms with E-state index in [1.54, 1.807) is 45.0 Å². The molecule has 1 saturated heterocycles. The van der Waals surface area contributed by atoms with Crippen molar-refractivity contribution in [3.8, 4) is 0 Å². The number of halogens is 3. The average Bonchev–Trinajstić information content (AvgIpc) is 3.82. The van der Waals surface area contributed by atoms with Crippen LogP contribution in [0.15, 0.2) is 29.4 Å². The maximum atomic E-state index is 14.2. The summed E-state index contributed by atoms with van der Waals surface area (Å²) in [5.41, 5.74) is -0.779. The van der Waals surface area contributed by atoms with Gasteiger partial charge in [-0.25, -0.2) is 8.78 Å². The quantitative estimate of drug-likeness (QED) is 0.332. The molecule has 0 aromatic heterocycles. The minimum atomic E-state index is -3.13. The van der Waals surface area contributed by atoms with E-state index in [1.165, 1.54) is 11.9 Å². The number of alkyl halides is 2. The van der Waals surface area contributed by atoms with Gasteiger partial charge in [0.15, 0.2) is 5.60 Å². The van der Waals surface area contributed by atoms with Gasteiger partial charge in [-0.15, -0.1) is 0 Å². The van der Waals surface area contributed by atoms with Crippen molar-refractivity contribution in [2.45, 2.75) is 88.9 Å². The van der Waals surface area contributed by atoms with E-state index in [1.807, 2.05) is 0 Å². The highest BCUT2D eigenvalue weighted by molar-refractivity contribution is 6.38. The maximum Gasteiger partial charge on any atom is 0.289 e. The van der Waals surface area contributed by atoms with Crippen LogP contribution >= 0.6 is 11.6 Å². The van der Waals surface area contributed by atoms with Gasteiger partial charge >= 0.3 is 0 Å². The van der Waals surface area contributed by atoms with E-state index in [0.29, 0.717) is 16.3 Å². The lowest BCUT2D eigenvalue weighted by atomic mass is 9.85. The van der Waals surface area contributed by atoms with Crippen LogP contribution in [0.3, 0.4) is 0 Å². The third kappa shape index (κ3) is 7.13. The Kier molecular flexibility index (Phi) is 8.71. The van der Waals surface area contributed by atoms with Crippen molar-refractivity contribution in [2.24, 2.45) is 22.4 Å². The number of rotatable bonds is 10. The molecule has 45 heavy (non-hydrogen) atoms. The predicted octanol–water partition coefficient (Wildman–Crippen LogP) is 2.59. The smallest absolute Gasteiger partial charge is 0.289 e. The average molecular weight is 650 g/mol. The number of ketones is 1. The zero-order valence-corrected chi connectivity index (χ0v) is 26.4. The number of hydrogen-bond acceptors (Lipinski definition) is 7. The van der Waals surface area contributed by atoms with Crippen LogP contribution in [0, 0.1) is 17.3 Å². The summed E-state index contributed by atoms with van der Waals surface area (Å²) >= 11 is 6.18. The number of carbonyl (C=O) groups excluding carboxylic acids is 5. The molecule has 244 valence electrons. The molecule has 1 aromatic rings. The highest BCUT2D eigenvalue weighted by Gasteiger charge is 2.62. The first-order chi connectivity index (χ1) is 21.0. The lowest BCUT2D eigenvalue weighted by molar-refractivity contribution is -0.145. The summed E-state index contributed by atoms with van der Waals surface area (Å²) in [7, 11) is 1.32. The van der Waals surface area contributed by atoms with Crippen molar-refractivity contribution in [2.75, 3.05) is 13.6 Å². The molecule has 4 amide bonds. The second-order valence-corrected chi connectivity index (χ2v) is 14.1. The second-order valence-electron chi connectivity index (χ2n) is 13.7. The lowest BCUT2D eigenvalue weighted by Gasteiger charge is -2.35. The van der Waals surface area contributed by atoms with E-state index in [4.69, 9.17) is 16.4 Å². The minimum Gasteiger partial charge on any atom is -0.387 e. The van der Waals surface area contributed by atoms with Crippen molar-refractivity contribution in [3.05, 3.63) is 34.9 Å². The van der Waals surface area contributed by atoms with E-state index in [0.717, 1.165) is 12.8 Å². The molecule has 14 heteroatoms. The summed E-state index contributed by atoms with van der Waals surface area (Å²) in [5, 5.41) is 12.3. The molecule has 0 radical (unpaired) electrons. The van der Waals surface area contributed by atoms with Gasteiger partial charge in [0.25, 0.3) is 11.8 Å². The summed E-state index contributed by atoms with van der Waals surface area (Å²) in [6.45, 7) is 4.95. The van der Waals surface area contributed by atoms with Gasteiger partial charge in [0.1, 0.15) is 18.0 Å². The normalized spacial score (nSPS) is 26.4. The molecule has 1 spiro atoms. The second kappa shape index (κ2) is 12.0. The summed E-state index contributed by atoms with van der Waals surface area (Å²) in [6, 6.07) is 3.47. The number of nitrogens with one attached hydrogen (secondary N) is 3. The molecule has 2 aliphatic carbocycles. The standard InChI is InChI=1S/C31H38ClF2N5O6/c1-29(2,3)24(37-25(41)19-12-31(19,33)34)28(44)39-15-30(13-21(38-45-30)17-6-5-7-18(32)11-17)14-22(39)26(42)36-20(10-16-8-9-16)23(40)27(43)35-4/h5-7,11,16,19-20,22,24H,8-10,12-15H2,1-4H3,(H,35,43)(H,36,42)(H,37,41)/t19-,20+,22?,24-,30-/m1/s1. The number of likely N-dealkylation sites (tertiary alicyclic amines) is 1. The van der Waals surface area contributed by atoms with Gasteiger partial charge in [-0.2, -0.15) is 0 Å². The van der Waals surface area contributed by atoms with Gasteiger partial charge in [0.2, 0.25) is 23.5 Å². The van der Waals surface area contributed by atoms with Gasteiger partial charge in [-0.3, -0.25) is 24.0 Å². The number of nitrogens with zero attached hydrogens (tertiary/aromatic N) is 2. The van der Waals surface area contributed by atoms with E-state index < -0.39 is 76.8 Å². The van der Waals surface area contributed by atoms with Crippen molar-refractivity contribution in [3.63, 3.8) is 0 Å². The van der Waals surface area contributed by atoms with E-state index >= 15 is 0 Å². The van der Waals surface area contributed by atoms with Crippen molar-refractivity contribution in [1.29, 1.82) is 0 Å². The van der Waals surface area contributed by atoms with Gasteiger partial charge in [0, 0.05) is 36.9 Å². The molecule has 1 aromatic carbocycles. The Morgan fingerprint density at radius 2 is 1.80 bits per heavy atom. The zero-order valence-electron chi connectivity index (χ0n) is 25.6. The molecule has 3 N–H and O–H groups in total. The molecule has 4 aliphatic rings. The van der Waals surface area contributed by atoms with Crippen molar-refractivity contribution >= 4 is 46.7 Å². The number of hydrogen-bond donors (Lipinski definition) is 3. The van der Waals surface area contributed by atoms with Gasteiger partial charge in [-0.1, -0.05) is 62.5 Å². The Hall–Kier alpha value is -3.61. The van der Waals surface area contributed by atoms with Crippen LogP contribution < -0.4 is 16.0 Å². The number of Topliss-reactive ketones (excluding diaryl/α,β-unsaturated/α-hetero) is 1. The highest BCUT2D eigenvalue weighted by Crippen LogP contribution is 2.49. The molecule has 5 atom stereocenters. The first-order valence-corrected chi connectivity index (χ1v) is 15.5. The summed E-state index contributed by atoms with van der Waals surface area (Å²) < 4.78 is 27.5. The van der Waals surface area contributed by atoms with Crippen LogP contribution in [-0.2, 0) is 28.8 Å². The van der Waals surface area contributed by atoms with E-state index in [2.05, 4.69) is 21.1 Å². The Morgan fingerprint density at radius 3 is 2.38 bits per heavy atom. The molecule has 5 rings (SSSR count). The number of benzene rings is 1. The van der Waals surface area contributed by atoms with Crippen LogP contribution in [0.2, 0.25) is 5.02 Å². The van der Waals surface area contributed by atoms with E-state index in [9.17, 15) is 32.8 Å². The van der Waals surface area contributed by atoms with Crippen molar-refractivity contribution < 1.29 is 37.6 Å². The Morgan fingerprint density at radius 1 is 1.11 bits per heavy atom. The third-order valence-corrected chi connectivity index (χ3v) is 9.11. The molecule has 2 aliphatic heterocycles. The molecule has 11 nitrogen and oxygen atoms in total. The molecule has 0 bridgehead atoms. The molecule has 2 saturated carbocycles. The number of amides is 4. The van der Waals surface area contributed by atoms with Crippen LogP contribution in [0.5, 0.6) is 0 Å². The van der Waals surface area contributed by atoms with Crippen LogP contribution in [-0.4, -0.2) is 83.3 Å². The molecule has 3 fully saturated rings. The Bertz CT molecular complexity index is 1440. The third-order valence-electron chi connectivity index (χ3n) is 8.87. The van der Waals surface area contributed by atoms with Gasteiger partial charge in [0.05, 0.1) is 18.3 Å². The number of oxime groups is 1. The van der Waals surface area contributed by atoms with Gasteiger partial charge in [-0.05, 0) is 29.9 Å². The predicted molar refractivity (Wildman–Crippen MR) is 159 cm³/mol. The monoisotopic (exact) mass is 649 g/mol. The molecule has 1 unspecified atom stereocenters. The summed E-state index contributed by atoms with van der Waals surface area (Å²) in [5.74, 6) is -8.37. The Balaban J connectivity index is 1.42. The first-order valence-electron chi connectivity index (χ1n) is 15.1.